The number of hydrogen-bond acceptors (Lipinski definition) is 6. The van der Waals surface area contributed by atoms with Gasteiger partial charge in [0.2, 0.25) is 15.9 Å². The van der Waals surface area contributed by atoms with Gasteiger partial charge in [-0.15, -0.1) is 5.10 Å². The van der Waals surface area contributed by atoms with Crippen LogP contribution < -0.4 is 10.5 Å². The normalized spacial score (nSPS) is 11.4. The number of rotatable bonds is 7. The van der Waals surface area contributed by atoms with Crippen LogP contribution in [-0.2, 0) is 16.4 Å². The number of nitrogens with zero attached hydrogens (tertiary/aromatic N) is 2. The molecule has 0 spiro atoms. The lowest BCUT2D eigenvalue weighted by Gasteiger charge is -2.02. The second-order valence-electron chi connectivity index (χ2n) is 5.50. The molecule has 0 aliphatic carbocycles. The smallest absolute Gasteiger partial charge is 0.315 e. The Morgan fingerprint density at radius 1 is 1.00 bits per heavy atom. The van der Waals surface area contributed by atoms with Gasteiger partial charge in [-0.3, -0.25) is 0 Å². The Morgan fingerprint density at radius 3 is 2.40 bits per heavy atom. The first-order valence-corrected chi connectivity index (χ1v) is 9.31. The highest BCUT2D eigenvalue weighted by Crippen LogP contribution is 2.21. The highest BCUT2D eigenvalue weighted by molar-refractivity contribution is 7.89. The number of hydrogen-bond donors (Lipinski definition) is 2. The van der Waals surface area contributed by atoms with E-state index in [4.69, 9.17) is 9.56 Å². The molecule has 0 fully saturated rings. The molecule has 0 unspecified atom stereocenters. The summed E-state index contributed by atoms with van der Waals surface area (Å²) in [6.07, 6.45) is 1.90. The van der Waals surface area contributed by atoms with Crippen molar-refractivity contribution in [2.45, 2.75) is 17.7 Å². The van der Waals surface area contributed by atoms with E-state index in [2.05, 4.69) is 27.6 Å². The third-order valence-electron chi connectivity index (χ3n) is 3.62. The molecule has 130 valence electrons. The molecule has 0 aliphatic heterocycles. The predicted octanol–water partition coefficient (Wildman–Crippen LogP) is 2.43. The maximum absolute atomic E-state index is 11.3. The zero-order valence-corrected chi connectivity index (χ0v) is 14.2. The standard InChI is InChI=1S/C17H18N4O3S/c18-25(22,23)15-10-8-14(9-11-15)16-20-21-17(24-16)19-12-4-7-13-5-2-1-3-6-13/h1-3,5-6,8-11H,4,7,12H2,(H,19,21)(H2,18,22,23). The lowest BCUT2D eigenvalue weighted by atomic mass is 10.1. The lowest BCUT2D eigenvalue weighted by molar-refractivity contribution is 0.579. The van der Waals surface area contributed by atoms with Crippen LogP contribution in [-0.4, -0.2) is 25.2 Å². The summed E-state index contributed by atoms with van der Waals surface area (Å²) in [4.78, 5) is 0.0371. The molecule has 3 rings (SSSR count). The largest absolute Gasteiger partial charge is 0.403 e. The van der Waals surface area contributed by atoms with Crippen molar-refractivity contribution in [3.05, 3.63) is 60.2 Å². The van der Waals surface area contributed by atoms with E-state index in [0.717, 1.165) is 12.8 Å². The van der Waals surface area contributed by atoms with Crippen LogP contribution in [0.2, 0.25) is 0 Å². The predicted molar refractivity (Wildman–Crippen MR) is 94.4 cm³/mol. The summed E-state index contributed by atoms with van der Waals surface area (Å²) in [6.45, 7) is 0.709. The number of sulfonamides is 1. The summed E-state index contributed by atoms with van der Waals surface area (Å²) in [5.74, 6) is 0.312. The summed E-state index contributed by atoms with van der Waals surface area (Å²) in [5.41, 5.74) is 1.91. The molecule has 0 radical (unpaired) electrons. The van der Waals surface area contributed by atoms with Crippen molar-refractivity contribution in [1.82, 2.24) is 10.2 Å². The van der Waals surface area contributed by atoms with Crippen molar-refractivity contribution >= 4 is 16.0 Å². The molecule has 1 heterocycles. The molecule has 0 aliphatic rings. The fraction of sp³-hybridized carbons (Fsp3) is 0.176. The van der Waals surface area contributed by atoms with Crippen LogP contribution in [0.5, 0.6) is 0 Å². The van der Waals surface area contributed by atoms with Crippen LogP contribution in [0.15, 0.2) is 63.9 Å². The SMILES string of the molecule is NS(=O)(=O)c1ccc(-c2nnc(NCCCc3ccccc3)o2)cc1. The van der Waals surface area contributed by atoms with Crippen LogP contribution in [0.3, 0.4) is 0 Å². The van der Waals surface area contributed by atoms with Crippen molar-refractivity contribution in [3.63, 3.8) is 0 Å². The number of aromatic nitrogens is 2. The average molecular weight is 358 g/mol. The zero-order valence-electron chi connectivity index (χ0n) is 13.4. The third kappa shape index (κ3) is 4.65. The molecule has 3 N–H and O–H groups in total. The molecule has 25 heavy (non-hydrogen) atoms. The molecule has 0 amide bonds. The second kappa shape index (κ2) is 7.45. The first-order chi connectivity index (χ1) is 12.0. The van der Waals surface area contributed by atoms with Gasteiger partial charge in [-0.2, -0.15) is 0 Å². The molecule has 0 atom stereocenters. The van der Waals surface area contributed by atoms with Gasteiger partial charge >= 0.3 is 6.01 Å². The van der Waals surface area contributed by atoms with Crippen molar-refractivity contribution in [2.24, 2.45) is 5.14 Å². The number of nitrogens with one attached hydrogen (secondary N) is 1. The van der Waals surface area contributed by atoms with Crippen LogP contribution >= 0.6 is 0 Å². The summed E-state index contributed by atoms with van der Waals surface area (Å²) in [6, 6.07) is 16.5. The minimum absolute atomic E-state index is 0.0371. The first kappa shape index (κ1) is 17.1. The average Bonchev–Trinajstić information content (AvgIpc) is 3.08. The summed E-state index contributed by atoms with van der Waals surface area (Å²) in [7, 11) is -3.71. The third-order valence-corrected chi connectivity index (χ3v) is 4.55. The molecular formula is C17H18N4O3S. The van der Waals surface area contributed by atoms with Crippen LogP contribution in [0.4, 0.5) is 6.01 Å². The monoisotopic (exact) mass is 358 g/mol. The fourth-order valence-electron chi connectivity index (χ4n) is 2.33. The molecule has 0 bridgehead atoms. The maximum Gasteiger partial charge on any atom is 0.315 e. The number of anilines is 1. The molecule has 7 nitrogen and oxygen atoms in total. The van der Waals surface area contributed by atoms with Gasteiger partial charge in [-0.05, 0) is 42.7 Å². The molecule has 0 saturated carbocycles. The van der Waals surface area contributed by atoms with Gasteiger partial charge in [-0.1, -0.05) is 35.4 Å². The highest BCUT2D eigenvalue weighted by atomic mass is 32.2. The van der Waals surface area contributed by atoms with Gasteiger partial charge in [0.1, 0.15) is 0 Å². The van der Waals surface area contributed by atoms with Crippen LogP contribution in [0.1, 0.15) is 12.0 Å². The lowest BCUT2D eigenvalue weighted by Crippen LogP contribution is -2.11. The summed E-state index contributed by atoms with van der Waals surface area (Å²) in [5, 5.41) is 16.0. The summed E-state index contributed by atoms with van der Waals surface area (Å²) >= 11 is 0. The minimum Gasteiger partial charge on any atom is -0.403 e. The Balaban J connectivity index is 1.55. The van der Waals surface area contributed by atoms with Gasteiger partial charge in [0, 0.05) is 12.1 Å². The van der Waals surface area contributed by atoms with E-state index in [9.17, 15) is 8.42 Å². The van der Waals surface area contributed by atoms with Gasteiger partial charge in [0.25, 0.3) is 0 Å². The van der Waals surface area contributed by atoms with E-state index in [1.54, 1.807) is 12.1 Å². The minimum atomic E-state index is -3.71. The van der Waals surface area contributed by atoms with E-state index in [0.29, 0.717) is 24.0 Å². The van der Waals surface area contributed by atoms with E-state index in [-0.39, 0.29) is 4.90 Å². The molecule has 1 aromatic heterocycles. The molecular weight excluding hydrogens is 340 g/mol. The maximum atomic E-state index is 11.3. The van der Waals surface area contributed by atoms with Crippen molar-refractivity contribution in [2.75, 3.05) is 11.9 Å². The number of benzene rings is 2. The van der Waals surface area contributed by atoms with E-state index < -0.39 is 10.0 Å². The Kier molecular flexibility index (Phi) is 5.11. The number of primary sulfonamides is 1. The zero-order chi connectivity index (χ0) is 17.7. The van der Waals surface area contributed by atoms with E-state index in [1.807, 2.05) is 18.2 Å². The topological polar surface area (TPSA) is 111 Å². The molecule has 8 heteroatoms. The Labute approximate surface area is 145 Å². The Hall–Kier alpha value is -2.71. The van der Waals surface area contributed by atoms with Crippen molar-refractivity contribution < 1.29 is 12.8 Å². The van der Waals surface area contributed by atoms with E-state index >= 15 is 0 Å². The van der Waals surface area contributed by atoms with Gasteiger partial charge in [0.15, 0.2) is 0 Å². The van der Waals surface area contributed by atoms with Crippen LogP contribution in [0, 0.1) is 0 Å². The number of aryl methyl sites for hydroxylation is 1. The molecule has 2 aromatic carbocycles. The fourth-order valence-corrected chi connectivity index (χ4v) is 2.85. The quantitative estimate of drug-likeness (QED) is 0.628. The van der Waals surface area contributed by atoms with Crippen molar-refractivity contribution in [1.29, 1.82) is 0 Å². The summed E-state index contributed by atoms with van der Waals surface area (Å²) < 4.78 is 28.0. The van der Waals surface area contributed by atoms with Gasteiger partial charge < -0.3 is 9.73 Å². The highest BCUT2D eigenvalue weighted by Gasteiger charge is 2.11. The molecule has 3 aromatic rings. The van der Waals surface area contributed by atoms with Gasteiger partial charge in [0.05, 0.1) is 4.90 Å². The number of nitrogens with two attached hydrogens (primary N) is 1. The van der Waals surface area contributed by atoms with Gasteiger partial charge in [-0.25, -0.2) is 13.6 Å². The molecule has 0 saturated heterocycles. The first-order valence-electron chi connectivity index (χ1n) is 7.77. The Bertz CT molecular complexity index is 922. The second-order valence-corrected chi connectivity index (χ2v) is 7.06. The Morgan fingerprint density at radius 2 is 1.72 bits per heavy atom. The van der Waals surface area contributed by atoms with Crippen LogP contribution in [0.25, 0.3) is 11.5 Å². The van der Waals surface area contributed by atoms with E-state index in [1.165, 1.54) is 17.7 Å². The van der Waals surface area contributed by atoms with Crippen molar-refractivity contribution in [3.8, 4) is 11.5 Å².